The van der Waals surface area contributed by atoms with Crippen molar-refractivity contribution in [2.75, 3.05) is 0 Å². The first-order valence-corrected chi connectivity index (χ1v) is 6.66. The molecule has 0 aliphatic carbocycles. The Morgan fingerprint density at radius 2 is 1.90 bits per heavy atom. The first-order chi connectivity index (χ1) is 10.2. The van der Waals surface area contributed by atoms with Crippen molar-refractivity contribution in [1.29, 1.82) is 0 Å². The number of ketones is 1. The van der Waals surface area contributed by atoms with E-state index in [4.69, 9.17) is 5.11 Å². The summed E-state index contributed by atoms with van der Waals surface area (Å²) in [6, 6.07) is 13.3. The Morgan fingerprint density at radius 3 is 2.71 bits per heavy atom. The normalized spacial score (nSPS) is 11.0. The average Bonchev–Trinajstić information content (AvgIpc) is 2.90. The Bertz CT molecular complexity index is 807. The third-order valence-corrected chi connectivity index (χ3v) is 3.42. The molecule has 2 N–H and O–H groups in total. The highest BCUT2D eigenvalue weighted by atomic mass is 19.1. The number of halogens is 1. The van der Waals surface area contributed by atoms with Gasteiger partial charge in [-0.25, -0.2) is 4.39 Å². The van der Waals surface area contributed by atoms with Crippen LogP contribution in [0.1, 0.15) is 21.6 Å². The van der Waals surface area contributed by atoms with Gasteiger partial charge in [-0.2, -0.15) is 0 Å². The number of aliphatic hydroxyl groups is 1. The van der Waals surface area contributed by atoms with Crippen molar-refractivity contribution in [3.8, 4) is 0 Å². The summed E-state index contributed by atoms with van der Waals surface area (Å²) in [6.07, 6.45) is 0.239. The zero-order valence-corrected chi connectivity index (χ0v) is 11.3. The van der Waals surface area contributed by atoms with Crippen LogP contribution in [-0.2, 0) is 13.0 Å². The van der Waals surface area contributed by atoms with Crippen LogP contribution < -0.4 is 0 Å². The topological polar surface area (TPSA) is 53.1 Å². The molecule has 3 rings (SSSR count). The lowest BCUT2D eigenvalue weighted by Crippen LogP contribution is -2.04. The van der Waals surface area contributed by atoms with E-state index >= 15 is 0 Å². The maximum Gasteiger partial charge on any atom is 0.183 e. The van der Waals surface area contributed by atoms with Crippen molar-refractivity contribution in [3.63, 3.8) is 0 Å². The number of benzene rings is 2. The number of aromatic amines is 1. The van der Waals surface area contributed by atoms with Crippen LogP contribution in [0.2, 0.25) is 0 Å². The number of aromatic nitrogens is 1. The van der Waals surface area contributed by atoms with Crippen LogP contribution in [0.3, 0.4) is 0 Å². The largest absolute Gasteiger partial charge is 0.392 e. The lowest BCUT2D eigenvalue weighted by Gasteiger charge is -2.02. The molecule has 0 aliphatic heterocycles. The fraction of sp³-hybridized carbons (Fsp3) is 0.118. The Kier molecular flexibility index (Phi) is 3.54. The monoisotopic (exact) mass is 283 g/mol. The lowest BCUT2D eigenvalue weighted by molar-refractivity contribution is 0.0989. The van der Waals surface area contributed by atoms with E-state index in [1.807, 2.05) is 12.1 Å². The minimum absolute atomic E-state index is 0.0479. The minimum atomic E-state index is -0.323. The summed E-state index contributed by atoms with van der Waals surface area (Å²) in [6.45, 7) is -0.0479. The van der Waals surface area contributed by atoms with Crippen molar-refractivity contribution in [1.82, 2.24) is 4.98 Å². The van der Waals surface area contributed by atoms with Gasteiger partial charge in [-0.1, -0.05) is 24.3 Å². The van der Waals surface area contributed by atoms with Gasteiger partial charge in [-0.15, -0.1) is 0 Å². The van der Waals surface area contributed by atoms with Gasteiger partial charge in [0.25, 0.3) is 0 Å². The predicted molar refractivity (Wildman–Crippen MR) is 78.7 cm³/mol. The Morgan fingerprint density at radius 1 is 1.10 bits per heavy atom. The second-order valence-corrected chi connectivity index (χ2v) is 4.99. The SMILES string of the molecule is O=C(Cc1cccc(CO)c1)c1cc2cc(F)ccc2[nH]1. The number of fused-ring (bicyclic) bond motifs is 1. The van der Waals surface area contributed by atoms with Gasteiger partial charge >= 0.3 is 0 Å². The first-order valence-electron chi connectivity index (χ1n) is 6.66. The number of carbonyl (C=O) groups excluding carboxylic acids is 1. The molecule has 0 saturated carbocycles. The molecule has 0 saturated heterocycles. The lowest BCUT2D eigenvalue weighted by atomic mass is 10.0. The van der Waals surface area contributed by atoms with Gasteiger partial charge in [0.1, 0.15) is 5.82 Å². The average molecular weight is 283 g/mol. The summed E-state index contributed by atoms with van der Waals surface area (Å²) < 4.78 is 13.2. The summed E-state index contributed by atoms with van der Waals surface area (Å²) in [5, 5.41) is 9.79. The van der Waals surface area contributed by atoms with Gasteiger partial charge < -0.3 is 10.1 Å². The summed E-state index contributed by atoms with van der Waals surface area (Å²) in [5.41, 5.74) is 2.82. The van der Waals surface area contributed by atoms with Crippen LogP contribution in [-0.4, -0.2) is 15.9 Å². The molecule has 1 heterocycles. The standard InChI is InChI=1S/C17H14FNO2/c18-14-4-5-15-13(8-14)9-16(19-15)17(21)7-11-2-1-3-12(6-11)10-20/h1-6,8-9,19-20H,7,10H2. The van der Waals surface area contributed by atoms with E-state index < -0.39 is 0 Å². The van der Waals surface area contributed by atoms with Crippen LogP contribution >= 0.6 is 0 Å². The third kappa shape index (κ3) is 2.85. The molecule has 0 fully saturated rings. The van der Waals surface area contributed by atoms with Gasteiger partial charge in [-0.05, 0) is 35.4 Å². The van der Waals surface area contributed by atoms with E-state index in [0.717, 1.165) is 16.6 Å². The second-order valence-electron chi connectivity index (χ2n) is 4.99. The molecule has 0 atom stereocenters. The van der Waals surface area contributed by atoms with Gasteiger partial charge in [-0.3, -0.25) is 4.79 Å². The molecule has 3 aromatic rings. The number of Topliss-reactive ketones (excluding diaryl/α,β-unsaturated/α-hetero) is 1. The quantitative estimate of drug-likeness (QED) is 0.722. The number of hydrogen-bond donors (Lipinski definition) is 2. The van der Waals surface area contributed by atoms with Crippen LogP contribution in [0.5, 0.6) is 0 Å². The van der Waals surface area contributed by atoms with E-state index in [1.54, 1.807) is 24.3 Å². The summed E-state index contributed by atoms with van der Waals surface area (Å²) >= 11 is 0. The van der Waals surface area contributed by atoms with Gasteiger partial charge in [0.2, 0.25) is 0 Å². The Hall–Kier alpha value is -2.46. The van der Waals surface area contributed by atoms with E-state index in [2.05, 4.69) is 4.98 Å². The molecule has 0 radical (unpaired) electrons. The zero-order chi connectivity index (χ0) is 14.8. The summed E-state index contributed by atoms with van der Waals surface area (Å²) in [7, 11) is 0. The van der Waals surface area contributed by atoms with Crippen LogP contribution in [0.25, 0.3) is 10.9 Å². The summed E-state index contributed by atoms with van der Waals surface area (Å²) in [5.74, 6) is -0.391. The Balaban J connectivity index is 1.86. The van der Waals surface area contributed by atoms with E-state index in [-0.39, 0.29) is 24.6 Å². The van der Waals surface area contributed by atoms with Crippen molar-refractivity contribution < 1.29 is 14.3 Å². The first kappa shape index (κ1) is 13.5. The molecule has 1 aromatic heterocycles. The smallest absolute Gasteiger partial charge is 0.183 e. The molecule has 21 heavy (non-hydrogen) atoms. The molecule has 0 amide bonds. The Labute approximate surface area is 121 Å². The number of hydrogen-bond acceptors (Lipinski definition) is 2. The maximum atomic E-state index is 13.2. The highest BCUT2D eigenvalue weighted by molar-refractivity contribution is 6.00. The van der Waals surface area contributed by atoms with E-state index in [9.17, 15) is 9.18 Å². The predicted octanol–water partition coefficient (Wildman–Crippen LogP) is 3.22. The maximum absolute atomic E-state index is 13.2. The fourth-order valence-electron chi connectivity index (χ4n) is 2.37. The number of nitrogens with one attached hydrogen (secondary N) is 1. The highest BCUT2D eigenvalue weighted by Crippen LogP contribution is 2.18. The van der Waals surface area contributed by atoms with Crippen molar-refractivity contribution in [2.24, 2.45) is 0 Å². The molecule has 0 unspecified atom stereocenters. The fourth-order valence-corrected chi connectivity index (χ4v) is 2.37. The number of carbonyl (C=O) groups is 1. The number of H-pyrrole nitrogens is 1. The molecule has 0 bridgehead atoms. The zero-order valence-electron chi connectivity index (χ0n) is 11.3. The van der Waals surface area contributed by atoms with Gasteiger partial charge in [0.15, 0.2) is 5.78 Å². The second kappa shape index (κ2) is 5.50. The van der Waals surface area contributed by atoms with Gasteiger partial charge in [0.05, 0.1) is 12.3 Å². The van der Waals surface area contributed by atoms with Crippen molar-refractivity contribution >= 4 is 16.7 Å². The number of rotatable bonds is 4. The minimum Gasteiger partial charge on any atom is -0.392 e. The molecule has 0 spiro atoms. The van der Waals surface area contributed by atoms with E-state index in [1.165, 1.54) is 12.1 Å². The van der Waals surface area contributed by atoms with Crippen LogP contribution in [0.15, 0.2) is 48.5 Å². The molecule has 106 valence electrons. The summed E-state index contributed by atoms with van der Waals surface area (Å²) in [4.78, 5) is 15.3. The van der Waals surface area contributed by atoms with E-state index in [0.29, 0.717) is 11.1 Å². The van der Waals surface area contributed by atoms with Gasteiger partial charge in [0, 0.05) is 17.3 Å². The number of aliphatic hydroxyl groups excluding tert-OH is 1. The van der Waals surface area contributed by atoms with Crippen molar-refractivity contribution in [2.45, 2.75) is 13.0 Å². The third-order valence-electron chi connectivity index (χ3n) is 3.42. The highest BCUT2D eigenvalue weighted by Gasteiger charge is 2.11. The molecular formula is C17H14FNO2. The van der Waals surface area contributed by atoms with Crippen LogP contribution in [0.4, 0.5) is 4.39 Å². The molecular weight excluding hydrogens is 269 g/mol. The molecule has 0 aliphatic rings. The molecule has 4 heteroatoms. The van der Waals surface area contributed by atoms with Crippen LogP contribution in [0, 0.1) is 5.82 Å². The molecule has 2 aromatic carbocycles. The molecule has 3 nitrogen and oxygen atoms in total. The van der Waals surface area contributed by atoms with Crippen molar-refractivity contribution in [3.05, 3.63) is 71.2 Å².